The van der Waals surface area contributed by atoms with Crippen molar-refractivity contribution >= 4 is 11.8 Å². The summed E-state index contributed by atoms with van der Waals surface area (Å²) < 4.78 is 0. The van der Waals surface area contributed by atoms with Crippen molar-refractivity contribution < 1.29 is 9.59 Å². The molecule has 4 bridgehead atoms. The zero-order valence-corrected chi connectivity index (χ0v) is 13.2. The molecule has 4 aliphatic carbocycles. The maximum atomic E-state index is 12.2. The van der Waals surface area contributed by atoms with Gasteiger partial charge in [-0.2, -0.15) is 0 Å². The van der Waals surface area contributed by atoms with Crippen molar-refractivity contribution in [1.82, 2.24) is 15.5 Å². The van der Waals surface area contributed by atoms with Crippen molar-refractivity contribution in [3.63, 3.8) is 0 Å². The Morgan fingerprint density at radius 1 is 1.10 bits per heavy atom. The van der Waals surface area contributed by atoms with Crippen LogP contribution in [0.15, 0.2) is 0 Å². The first-order valence-electron chi connectivity index (χ1n) is 8.19. The number of carbonyl (C=O) groups excluding carboxylic acids is 2. The molecule has 2 N–H and O–H groups in total. The third-order valence-corrected chi connectivity index (χ3v) is 5.74. The molecule has 0 radical (unpaired) electrons. The molecule has 5 nitrogen and oxygen atoms in total. The first-order chi connectivity index (χ1) is 9.99. The van der Waals surface area contributed by atoms with E-state index in [1.165, 1.54) is 43.4 Å². The Morgan fingerprint density at radius 2 is 1.62 bits per heavy atom. The number of rotatable bonds is 5. The quantitative estimate of drug-likeness (QED) is 0.786. The Balaban J connectivity index is 1.53. The number of amides is 2. The van der Waals surface area contributed by atoms with E-state index in [-0.39, 0.29) is 23.9 Å². The molecule has 0 heterocycles. The molecule has 0 atom stereocenters. The minimum atomic E-state index is -0.124. The molecule has 2 amide bonds. The lowest BCUT2D eigenvalue weighted by molar-refractivity contribution is -0.134. The number of hydrogen-bond donors (Lipinski definition) is 2. The normalized spacial score (nSPS) is 36.6. The smallest absolute Gasteiger partial charge is 0.239 e. The molecular weight excluding hydrogens is 266 g/mol. The third kappa shape index (κ3) is 3.07. The summed E-state index contributed by atoms with van der Waals surface area (Å²) in [6, 6.07) is 0. The molecule has 5 heteroatoms. The van der Waals surface area contributed by atoms with Crippen LogP contribution in [0.5, 0.6) is 0 Å². The fraction of sp³-hybridized carbons (Fsp3) is 0.875. The molecule has 0 aromatic carbocycles. The van der Waals surface area contributed by atoms with Gasteiger partial charge in [0.25, 0.3) is 0 Å². The minimum Gasteiger partial charge on any atom is -0.358 e. The average molecular weight is 293 g/mol. The van der Waals surface area contributed by atoms with Crippen LogP contribution in [0.1, 0.15) is 38.5 Å². The number of likely N-dealkylation sites (N-methyl/N-ethyl adjacent to an activating group) is 2. The fourth-order valence-electron chi connectivity index (χ4n) is 5.11. The average Bonchev–Trinajstić information content (AvgIpc) is 2.43. The highest BCUT2D eigenvalue weighted by molar-refractivity contribution is 5.85. The van der Waals surface area contributed by atoms with E-state index in [9.17, 15) is 9.59 Å². The van der Waals surface area contributed by atoms with Crippen LogP contribution < -0.4 is 10.6 Å². The predicted octanol–water partition coefficient (Wildman–Crippen LogP) is 0.749. The standard InChI is InChI=1S/C16H27N3O2/c1-17-14(20)10-19(2)15(21)9-18-16-6-11-3-12(7-16)5-13(4-11)8-16/h11-13,18H,3-10H2,1-2H3,(H,17,20). The molecule has 0 aliphatic heterocycles. The summed E-state index contributed by atoms with van der Waals surface area (Å²) in [7, 11) is 3.28. The maximum absolute atomic E-state index is 12.2. The van der Waals surface area contributed by atoms with Crippen LogP contribution in [0.2, 0.25) is 0 Å². The van der Waals surface area contributed by atoms with E-state index in [1.54, 1.807) is 14.1 Å². The Hall–Kier alpha value is -1.10. The second kappa shape index (κ2) is 5.59. The minimum absolute atomic E-state index is 0.00865. The van der Waals surface area contributed by atoms with Gasteiger partial charge in [-0.15, -0.1) is 0 Å². The van der Waals surface area contributed by atoms with E-state index in [0.29, 0.717) is 6.54 Å². The van der Waals surface area contributed by atoms with Crippen LogP contribution in [-0.4, -0.2) is 49.4 Å². The molecule has 0 unspecified atom stereocenters. The van der Waals surface area contributed by atoms with Gasteiger partial charge in [-0.1, -0.05) is 0 Å². The lowest BCUT2D eigenvalue weighted by Crippen LogP contribution is -2.60. The summed E-state index contributed by atoms with van der Waals surface area (Å²) in [5.41, 5.74) is 0.207. The van der Waals surface area contributed by atoms with E-state index >= 15 is 0 Å². The van der Waals surface area contributed by atoms with Gasteiger partial charge in [0.1, 0.15) is 0 Å². The molecule has 4 rings (SSSR count). The Bertz CT molecular complexity index is 400. The summed E-state index contributed by atoms with van der Waals surface area (Å²) in [4.78, 5) is 25.0. The SMILES string of the molecule is CNC(=O)CN(C)C(=O)CNC12CC3CC(CC(C3)C1)C2. The Kier molecular flexibility index (Phi) is 3.95. The molecule has 21 heavy (non-hydrogen) atoms. The van der Waals surface area contributed by atoms with Crippen molar-refractivity contribution in [2.24, 2.45) is 17.8 Å². The monoisotopic (exact) mass is 293 g/mol. The molecule has 4 saturated carbocycles. The fourth-order valence-corrected chi connectivity index (χ4v) is 5.11. The van der Waals surface area contributed by atoms with Crippen LogP contribution in [0.4, 0.5) is 0 Å². The highest BCUT2D eigenvalue weighted by Gasteiger charge is 2.50. The topological polar surface area (TPSA) is 61.4 Å². The highest BCUT2D eigenvalue weighted by atomic mass is 16.2. The number of nitrogens with zero attached hydrogens (tertiary/aromatic N) is 1. The van der Waals surface area contributed by atoms with Crippen LogP contribution in [0.25, 0.3) is 0 Å². The van der Waals surface area contributed by atoms with E-state index in [1.807, 2.05) is 0 Å². The van der Waals surface area contributed by atoms with Crippen molar-refractivity contribution in [1.29, 1.82) is 0 Å². The van der Waals surface area contributed by atoms with Crippen LogP contribution in [-0.2, 0) is 9.59 Å². The van der Waals surface area contributed by atoms with Gasteiger partial charge in [0.05, 0.1) is 13.1 Å². The third-order valence-electron chi connectivity index (χ3n) is 5.74. The Morgan fingerprint density at radius 3 is 2.10 bits per heavy atom. The van der Waals surface area contributed by atoms with Crippen LogP contribution >= 0.6 is 0 Å². The summed E-state index contributed by atoms with van der Waals surface area (Å²) >= 11 is 0. The molecule has 118 valence electrons. The predicted molar refractivity (Wildman–Crippen MR) is 80.6 cm³/mol. The van der Waals surface area contributed by atoms with Crippen LogP contribution in [0.3, 0.4) is 0 Å². The number of nitrogens with one attached hydrogen (secondary N) is 2. The molecule has 0 aromatic rings. The lowest BCUT2D eigenvalue weighted by Gasteiger charge is -2.57. The maximum Gasteiger partial charge on any atom is 0.239 e. The molecule has 4 fully saturated rings. The van der Waals surface area contributed by atoms with Gasteiger partial charge in [0.2, 0.25) is 11.8 Å². The summed E-state index contributed by atoms with van der Waals surface area (Å²) in [6.45, 7) is 0.498. The van der Waals surface area contributed by atoms with Gasteiger partial charge in [-0.25, -0.2) is 0 Å². The van der Waals surface area contributed by atoms with E-state index in [4.69, 9.17) is 0 Å². The van der Waals surface area contributed by atoms with Crippen molar-refractivity contribution in [2.45, 2.75) is 44.1 Å². The van der Waals surface area contributed by atoms with Gasteiger partial charge < -0.3 is 15.5 Å². The zero-order chi connectivity index (χ0) is 15.0. The molecule has 4 aliphatic rings. The van der Waals surface area contributed by atoms with Gasteiger partial charge in [-0.05, 0) is 56.3 Å². The lowest BCUT2D eigenvalue weighted by atomic mass is 9.53. The number of carbonyl (C=O) groups is 2. The zero-order valence-electron chi connectivity index (χ0n) is 13.2. The Labute approximate surface area is 126 Å². The van der Waals surface area contributed by atoms with Crippen molar-refractivity contribution in [2.75, 3.05) is 27.2 Å². The summed E-state index contributed by atoms with van der Waals surface area (Å²) in [5.74, 6) is 2.52. The summed E-state index contributed by atoms with van der Waals surface area (Å²) in [5, 5.41) is 6.12. The van der Waals surface area contributed by atoms with Crippen LogP contribution in [0, 0.1) is 17.8 Å². The largest absolute Gasteiger partial charge is 0.358 e. The highest BCUT2D eigenvalue weighted by Crippen LogP contribution is 2.55. The first-order valence-corrected chi connectivity index (χ1v) is 8.19. The van der Waals surface area contributed by atoms with E-state index < -0.39 is 0 Å². The van der Waals surface area contributed by atoms with Gasteiger partial charge in [0.15, 0.2) is 0 Å². The van der Waals surface area contributed by atoms with E-state index in [2.05, 4.69) is 10.6 Å². The van der Waals surface area contributed by atoms with Gasteiger partial charge in [-0.3, -0.25) is 9.59 Å². The van der Waals surface area contributed by atoms with Gasteiger partial charge in [0, 0.05) is 19.6 Å². The molecule has 0 saturated heterocycles. The van der Waals surface area contributed by atoms with Crippen molar-refractivity contribution in [3.05, 3.63) is 0 Å². The van der Waals surface area contributed by atoms with Gasteiger partial charge >= 0.3 is 0 Å². The second-order valence-electron chi connectivity index (χ2n) is 7.47. The summed E-state index contributed by atoms with van der Waals surface area (Å²) in [6.07, 6.45) is 7.95. The van der Waals surface area contributed by atoms with Crippen molar-refractivity contribution in [3.8, 4) is 0 Å². The second-order valence-corrected chi connectivity index (χ2v) is 7.47. The first kappa shape index (κ1) is 14.8. The molecule has 0 spiro atoms. The number of hydrogen-bond acceptors (Lipinski definition) is 3. The molecular formula is C16H27N3O2. The van der Waals surface area contributed by atoms with E-state index in [0.717, 1.165) is 17.8 Å². The molecule has 0 aromatic heterocycles.